The third-order valence-corrected chi connectivity index (χ3v) is 8.71. The van der Waals surface area contributed by atoms with E-state index in [1.807, 2.05) is 6.08 Å². The first-order valence-electron chi connectivity index (χ1n) is 19.0. The quantitative estimate of drug-likeness (QED) is 0.0393. The van der Waals surface area contributed by atoms with Gasteiger partial charge in [-0.25, -0.2) is 0 Å². The molecule has 45 heavy (non-hydrogen) atoms. The van der Waals surface area contributed by atoms with E-state index in [2.05, 4.69) is 55.6 Å². The van der Waals surface area contributed by atoms with Gasteiger partial charge in [0, 0.05) is 6.42 Å². The summed E-state index contributed by atoms with van der Waals surface area (Å²) in [5.41, 5.74) is 0. The highest BCUT2D eigenvalue weighted by molar-refractivity contribution is 5.76. The van der Waals surface area contributed by atoms with Crippen molar-refractivity contribution in [3.05, 3.63) is 48.6 Å². The second-order valence-corrected chi connectivity index (χ2v) is 13.0. The number of hydrogen-bond acceptors (Lipinski definition) is 4. The molecule has 1 rings (SSSR count). The third-order valence-electron chi connectivity index (χ3n) is 8.71. The summed E-state index contributed by atoms with van der Waals surface area (Å²) in [5, 5.41) is 22.9. The zero-order valence-corrected chi connectivity index (χ0v) is 29.3. The highest BCUT2D eigenvalue weighted by Gasteiger charge is 2.35. The first-order chi connectivity index (χ1) is 22.1. The molecule has 0 aromatic rings. The van der Waals surface area contributed by atoms with Crippen molar-refractivity contribution in [1.82, 2.24) is 5.32 Å². The lowest BCUT2D eigenvalue weighted by Gasteiger charge is -2.19. The van der Waals surface area contributed by atoms with Gasteiger partial charge in [0.15, 0.2) is 0 Å². The van der Waals surface area contributed by atoms with Crippen LogP contribution in [-0.2, 0) is 9.53 Å². The minimum Gasteiger partial charge on any atom is -0.394 e. The highest BCUT2D eigenvalue weighted by Crippen LogP contribution is 2.29. The summed E-state index contributed by atoms with van der Waals surface area (Å²) in [5.74, 6) is -0.124. The van der Waals surface area contributed by atoms with E-state index in [1.165, 1.54) is 103 Å². The van der Waals surface area contributed by atoms with Gasteiger partial charge in [0.05, 0.1) is 31.0 Å². The normalized spacial score (nSPS) is 18.1. The fourth-order valence-corrected chi connectivity index (χ4v) is 5.62. The van der Waals surface area contributed by atoms with Gasteiger partial charge in [-0.2, -0.15) is 0 Å². The predicted molar refractivity (Wildman–Crippen MR) is 192 cm³/mol. The molecule has 5 heteroatoms. The lowest BCUT2D eigenvalue weighted by molar-refractivity contribution is -0.122. The van der Waals surface area contributed by atoms with E-state index >= 15 is 0 Å². The molecule has 1 fully saturated rings. The van der Waals surface area contributed by atoms with Crippen molar-refractivity contribution >= 4 is 5.91 Å². The van der Waals surface area contributed by atoms with Crippen molar-refractivity contribution in [3.63, 3.8) is 0 Å². The maximum Gasteiger partial charge on any atom is 0.220 e. The minimum absolute atomic E-state index is 0.124. The Morgan fingerprint density at radius 3 is 1.73 bits per heavy atom. The maximum absolute atomic E-state index is 12.3. The number of rotatable bonds is 32. The number of carbonyl (C=O) groups excluding carboxylic acids is 1. The Morgan fingerprint density at radius 2 is 1.11 bits per heavy atom. The molecule has 3 N–H and O–H groups in total. The van der Waals surface area contributed by atoms with Gasteiger partial charge in [0.1, 0.15) is 0 Å². The Bertz CT molecular complexity index is 789. The predicted octanol–water partition coefficient (Wildman–Crippen LogP) is 10.2. The topological polar surface area (TPSA) is 82.1 Å². The number of carbonyl (C=O) groups is 1. The second-order valence-electron chi connectivity index (χ2n) is 13.0. The van der Waals surface area contributed by atoms with Crippen LogP contribution in [0.25, 0.3) is 0 Å². The lowest BCUT2D eigenvalue weighted by atomic mass is 10.0. The lowest BCUT2D eigenvalue weighted by Crippen LogP contribution is -2.45. The second kappa shape index (κ2) is 30.9. The zero-order chi connectivity index (χ0) is 32.6. The summed E-state index contributed by atoms with van der Waals surface area (Å²) in [6.07, 6.45) is 45.1. The molecule has 1 amide bonds. The van der Waals surface area contributed by atoms with Crippen LogP contribution in [0.4, 0.5) is 0 Å². The van der Waals surface area contributed by atoms with Gasteiger partial charge in [-0.1, -0.05) is 152 Å². The van der Waals surface area contributed by atoms with E-state index in [-0.39, 0.29) is 12.5 Å². The molecule has 0 aromatic carbocycles. The molecule has 1 heterocycles. The average molecular weight is 630 g/mol. The molecule has 260 valence electrons. The number of epoxide rings is 1. The summed E-state index contributed by atoms with van der Waals surface area (Å²) in [6.45, 7) is 4.23. The largest absolute Gasteiger partial charge is 0.394 e. The highest BCUT2D eigenvalue weighted by atomic mass is 16.6. The Hall–Kier alpha value is -1.69. The van der Waals surface area contributed by atoms with E-state index in [1.54, 1.807) is 6.08 Å². The van der Waals surface area contributed by atoms with Gasteiger partial charge in [-0.05, 0) is 57.8 Å². The molecule has 0 bridgehead atoms. The fourth-order valence-electron chi connectivity index (χ4n) is 5.62. The molecular weight excluding hydrogens is 558 g/mol. The maximum atomic E-state index is 12.3. The SMILES string of the molecule is CCCCC/C=C\CC1OC1C/C=C\C/C=C\CCCC(=O)N[C@@H](CO)[C@H](O)/C=C/CCCCCCCCCCCCCCC. The first-order valence-corrected chi connectivity index (χ1v) is 19.0. The third kappa shape index (κ3) is 26.1. The van der Waals surface area contributed by atoms with Crippen LogP contribution in [-0.4, -0.2) is 47.1 Å². The van der Waals surface area contributed by atoms with Crippen LogP contribution in [0.1, 0.15) is 168 Å². The van der Waals surface area contributed by atoms with Crippen molar-refractivity contribution in [1.29, 1.82) is 0 Å². The number of nitrogens with one attached hydrogen (secondary N) is 1. The van der Waals surface area contributed by atoms with Crippen LogP contribution in [0.2, 0.25) is 0 Å². The number of aliphatic hydroxyl groups excluding tert-OH is 2. The molecule has 0 aliphatic carbocycles. The van der Waals surface area contributed by atoms with Crippen LogP contribution >= 0.6 is 0 Å². The molecule has 0 aromatic heterocycles. The fraction of sp³-hybridized carbons (Fsp3) is 0.775. The molecular formula is C40H71NO4. The van der Waals surface area contributed by atoms with Crippen molar-refractivity contribution in [2.45, 2.75) is 192 Å². The van der Waals surface area contributed by atoms with E-state index in [0.717, 1.165) is 44.9 Å². The van der Waals surface area contributed by atoms with E-state index in [4.69, 9.17) is 4.74 Å². The number of aliphatic hydroxyl groups is 2. The summed E-state index contributed by atoms with van der Waals surface area (Å²) in [4.78, 5) is 12.3. The Balaban J connectivity index is 1.98. The number of ether oxygens (including phenoxy) is 1. The molecule has 1 aliphatic rings. The van der Waals surface area contributed by atoms with Gasteiger partial charge in [0.25, 0.3) is 0 Å². The van der Waals surface area contributed by atoms with Crippen LogP contribution in [0.5, 0.6) is 0 Å². The van der Waals surface area contributed by atoms with Crippen molar-refractivity contribution in [3.8, 4) is 0 Å². The summed E-state index contributed by atoms with van der Waals surface area (Å²) >= 11 is 0. The first kappa shape index (κ1) is 41.3. The van der Waals surface area contributed by atoms with Crippen LogP contribution in [0, 0.1) is 0 Å². The van der Waals surface area contributed by atoms with E-state index < -0.39 is 12.1 Å². The van der Waals surface area contributed by atoms with Crippen molar-refractivity contribution < 1.29 is 19.7 Å². The standard InChI is InChI=1S/C40H71NO4/c1-3-5-7-9-11-12-13-14-15-16-17-18-20-23-27-31-37(43)36(35-42)41-40(44)34-30-26-22-19-21-25-29-33-39-38(45-39)32-28-24-10-8-6-4-2/h19,22,24-25,27-29,31,36-39,42-43H,3-18,20-21,23,26,30,32-35H2,1-2H3,(H,41,44)/b22-19-,28-24-,29-25-,31-27+/t36-,37+,38?,39?/m0/s1. The number of amides is 1. The summed E-state index contributed by atoms with van der Waals surface area (Å²) in [6, 6.07) is -0.655. The molecule has 1 aliphatic heterocycles. The van der Waals surface area contributed by atoms with Gasteiger partial charge in [-0.15, -0.1) is 0 Å². The minimum atomic E-state index is -0.865. The van der Waals surface area contributed by atoms with E-state index in [0.29, 0.717) is 18.6 Å². The average Bonchev–Trinajstić information content (AvgIpc) is 3.80. The number of unbranched alkanes of at least 4 members (excludes halogenated alkanes) is 17. The molecule has 4 atom stereocenters. The Labute approximate surface area is 278 Å². The van der Waals surface area contributed by atoms with Gasteiger partial charge in [0.2, 0.25) is 5.91 Å². The van der Waals surface area contributed by atoms with Gasteiger partial charge < -0.3 is 20.3 Å². The number of allylic oxidation sites excluding steroid dienone is 5. The monoisotopic (exact) mass is 630 g/mol. The molecule has 2 unspecified atom stereocenters. The smallest absolute Gasteiger partial charge is 0.220 e. The van der Waals surface area contributed by atoms with Gasteiger partial charge >= 0.3 is 0 Å². The van der Waals surface area contributed by atoms with Crippen LogP contribution in [0.15, 0.2) is 48.6 Å². The molecule has 1 saturated heterocycles. The summed E-state index contributed by atoms with van der Waals surface area (Å²) < 4.78 is 5.74. The molecule has 0 saturated carbocycles. The molecule has 5 nitrogen and oxygen atoms in total. The molecule has 0 radical (unpaired) electrons. The van der Waals surface area contributed by atoms with Gasteiger partial charge in [-0.3, -0.25) is 4.79 Å². The van der Waals surface area contributed by atoms with Crippen molar-refractivity contribution in [2.24, 2.45) is 0 Å². The van der Waals surface area contributed by atoms with Crippen molar-refractivity contribution in [2.75, 3.05) is 6.61 Å². The Kier molecular flexibility index (Phi) is 28.4. The summed E-state index contributed by atoms with van der Waals surface area (Å²) in [7, 11) is 0. The number of hydrogen-bond donors (Lipinski definition) is 3. The van der Waals surface area contributed by atoms with Crippen LogP contribution in [0.3, 0.4) is 0 Å². The van der Waals surface area contributed by atoms with E-state index in [9.17, 15) is 15.0 Å². The Morgan fingerprint density at radius 1 is 0.644 bits per heavy atom. The van der Waals surface area contributed by atoms with Crippen LogP contribution < -0.4 is 5.32 Å². The molecule has 0 spiro atoms. The zero-order valence-electron chi connectivity index (χ0n) is 29.3.